The van der Waals surface area contributed by atoms with Crippen LogP contribution >= 0.6 is 11.8 Å². The highest BCUT2D eigenvalue weighted by Crippen LogP contribution is 2.29. The number of thioether (sulfide) groups is 1. The van der Waals surface area contributed by atoms with Gasteiger partial charge in [-0.25, -0.2) is 0 Å². The molecule has 4 aromatic rings. The first-order valence-electron chi connectivity index (χ1n) is 7.93. The van der Waals surface area contributed by atoms with Gasteiger partial charge < -0.3 is 9.73 Å². The van der Waals surface area contributed by atoms with Crippen LogP contribution in [0.15, 0.2) is 46.0 Å². The molecule has 11 heteroatoms. The number of aromatic amines is 2. The van der Waals surface area contributed by atoms with Crippen molar-refractivity contribution in [3.05, 3.63) is 42.2 Å². The summed E-state index contributed by atoms with van der Waals surface area (Å²) < 4.78 is 5.88. The van der Waals surface area contributed by atoms with E-state index in [0.29, 0.717) is 39.8 Å². The van der Waals surface area contributed by atoms with Gasteiger partial charge in [0.1, 0.15) is 5.76 Å². The van der Waals surface area contributed by atoms with Crippen molar-refractivity contribution in [1.29, 1.82) is 0 Å². The van der Waals surface area contributed by atoms with Crippen molar-refractivity contribution in [2.45, 2.75) is 17.8 Å². The highest BCUT2D eigenvalue weighted by Gasteiger charge is 2.13. The van der Waals surface area contributed by atoms with Gasteiger partial charge in [0.15, 0.2) is 17.4 Å². The van der Waals surface area contributed by atoms with Gasteiger partial charge in [0.25, 0.3) is 0 Å². The summed E-state index contributed by atoms with van der Waals surface area (Å²) in [7, 11) is 0. The summed E-state index contributed by atoms with van der Waals surface area (Å²) in [4.78, 5) is 15.6. The number of aromatic nitrogens is 7. The molecule has 0 atom stereocenters. The Morgan fingerprint density at radius 3 is 2.93 bits per heavy atom. The average molecular weight is 382 g/mol. The molecular formula is C16H14N8O2S. The zero-order chi connectivity index (χ0) is 18.6. The molecule has 1 aromatic carbocycles. The Balaban J connectivity index is 1.49. The fourth-order valence-electron chi connectivity index (χ4n) is 2.37. The zero-order valence-corrected chi connectivity index (χ0v) is 14.9. The molecule has 0 spiro atoms. The number of rotatable bonds is 6. The summed E-state index contributed by atoms with van der Waals surface area (Å²) >= 11 is 1.38. The maximum absolute atomic E-state index is 11.2. The lowest BCUT2D eigenvalue weighted by atomic mass is 10.1. The van der Waals surface area contributed by atoms with Crippen LogP contribution in [-0.2, 0) is 10.5 Å². The van der Waals surface area contributed by atoms with E-state index in [9.17, 15) is 4.79 Å². The van der Waals surface area contributed by atoms with Gasteiger partial charge in [-0.05, 0) is 24.3 Å². The summed E-state index contributed by atoms with van der Waals surface area (Å²) in [6.45, 7) is 1.47. The molecule has 27 heavy (non-hydrogen) atoms. The van der Waals surface area contributed by atoms with E-state index in [1.165, 1.54) is 18.7 Å². The van der Waals surface area contributed by atoms with Crippen molar-refractivity contribution < 1.29 is 9.21 Å². The number of nitrogens with one attached hydrogen (secondary N) is 3. The van der Waals surface area contributed by atoms with E-state index in [-0.39, 0.29) is 5.91 Å². The first kappa shape index (κ1) is 17.0. The second-order valence-electron chi connectivity index (χ2n) is 5.51. The quantitative estimate of drug-likeness (QED) is 0.432. The number of anilines is 1. The van der Waals surface area contributed by atoms with Crippen LogP contribution in [0.1, 0.15) is 12.7 Å². The maximum Gasteiger partial charge on any atom is 0.221 e. The molecule has 0 aliphatic heterocycles. The highest BCUT2D eigenvalue weighted by atomic mass is 32.2. The van der Waals surface area contributed by atoms with E-state index >= 15 is 0 Å². The van der Waals surface area contributed by atoms with Crippen LogP contribution in [0, 0.1) is 0 Å². The Hall–Kier alpha value is -3.47. The molecule has 0 saturated heterocycles. The molecule has 10 nitrogen and oxygen atoms in total. The summed E-state index contributed by atoms with van der Waals surface area (Å²) in [5, 5.41) is 24.0. The lowest BCUT2D eigenvalue weighted by Gasteiger charge is -2.03. The smallest absolute Gasteiger partial charge is 0.221 e. The molecule has 0 fully saturated rings. The van der Waals surface area contributed by atoms with Gasteiger partial charge in [0.05, 0.1) is 5.75 Å². The standard InChI is InChI=1S/C16H14N8O2S/c1-9(25)17-11-4-2-3-10(7-11)12-5-6-13(26-12)15-18-16(22-21-15)27-8-14-19-23-24-20-14/h2-7H,8H2,1H3,(H,17,25)(H,18,21,22)(H,19,20,23,24). The molecule has 3 aromatic heterocycles. The molecule has 0 unspecified atom stereocenters. The van der Waals surface area contributed by atoms with E-state index < -0.39 is 0 Å². The molecule has 3 heterocycles. The Bertz CT molecular complexity index is 1060. The largest absolute Gasteiger partial charge is 0.453 e. The molecule has 0 bridgehead atoms. The third kappa shape index (κ3) is 4.03. The SMILES string of the molecule is CC(=O)Nc1cccc(-c2ccc(-c3nc(SCc4nn[nH]n4)n[nH]3)o2)c1. The van der Waals surface area contributed by atoms with Crippen molar-refractivity contribution in [1.82, 2.24) is 35.8 Å². The van der Waals surface area contributed by atoms with Gasteiger partial charge in [0, 0.05) is 18.2 Å². The number of H-pyrrole nitrogens is 2. The Morgan fingerprint density at radius 1 is 1.22 bits per heavy atom. The van der Waals surface area contributed by atoms with Crippen LogP contribution in [-0.4, -0.2) is 41.7 Å². The molecule has 0 aliphatic carbocycles. The van der Waals surface area contributed by atoms with Gasteiger partial charge in [-0.15, -0.1) is 15.3 Å². The van der Waals surface area contributed by atoms with Crippen molar-refractivity contribution in [2.75, 3.05) is 5.32 Å². The zero-order valence-electron chi connectivity index (χ0n) is 14.1. The summed E-state index contributed by atoms with van der Waals surface area (Å²) in [6.07, 6.45) is 0. The lowest BCUT2D eigenvalue weighted by Crippen LogP contribution is -2.05. The molecule has 136 valence electrons. The van der Waals surface area contributed by atoms with Crippen LogP contribution in [0.25, 0.3) is 22.9 Å². The topological polar surface area (TPSA) is 138 Å². The van der Waals surface area contributed by atoms with Crippen LogP contribution in [0.3, 0.4) is 0 Å². The number of carbonyl (C=O) groups is 1. The van der Waals surface area contributed by atoms with Gasteiger partial charge in [0.2, 0.25) is 11.1 Å². The third-order valence-corrected chi connectivity index (χ3v) is 4.33. The fourth-order valence-corrected chi connectivity index (χ4v) is 3.01. The molecule has 0 saturated carbocycles. The first-order chi connectivity index (χ1) is 13.2. The summed E-state index contributed by atoms with van der Waals surface area (Å²) in [5.41, 5.74) is 1.55. The number of tetrazole rings is 1. The number of nitrogens with zero attached hydrogens (tertiary/aromatic N) is 5. The van der Waals surface area contributed by atoms with Gasteiger partial charge in [-0.1, -0.05) is 29.1 Å². The molecule has 0 radical (unpaired) electrons. The highest BCUT2D eigenvalue weighted by molar-refractivity contribution is 7.98. The Morgan fingerprint density at radius 2 is 2.11 bits per heavy atom. The van der Waals surface area contributed by atoms with Crippen molar-refractivity contribution in [2.24, 2.45) is 0 Å². The predicted molar refractivity (Wildman–Crippen MR) is 97.6 cm³/mol. The molecular weight excluding hydrogens is 368 g/mol. The number of hydrogen-bond acceptors (Lipinski definition) is 8. The van der Waals surface area contributed by atoms with Crippen molar-refractivity contribution in [3.8, 4) is 22.9 Å². The summed E-state index contributed by atoms with van der Waals surface area (Å²) in [6, 6.07) is 11.1. The second kappa shape index (κ2) is 7.41. The number of amides is 1. The van der Waals surface area contributed by atoms with Gasteiger partial charge in [-0.3, -0.25) is 9.89 Å². The summed E-state index contributed by atoms with van der Waals surface area (Å²) in [5.74, 6) is 2.71. The minimum atomic E-state index is -0.125. The minimum Gasteiger partial charge on any atom is -0.453 e. The van der Waals surface area contributed by atoms with Gasteiger partial charge >= 0.3 is 0 Å². The van der Waals surface area contributed by atoms with E-state index in [4.69, 9.17) is 4.42 Å². The number of benzene rings is 1. The molecule has 0 aliphatic rings. The maximum atomic E-state index is 11.2. The van der Waals surface area contributed by atoms with Crippen LogP contribution < -0.4 is 5.32 Å². The minimum absolute atomic E-state index is 0.125. The third-order valence-electron chi connectivity index (χ3n) is 3.49. The Labute approximate surface area is 157 Å². The monoisotopic (exact) mass is 382 g/mol. The van der Waals surface area contributed by atoms with E-state index in [0.717, 1.165) is 5.56 Å². The van der Waals surface area contributed by atoms with E-state index in [1.54, 1.807) is 0 Å². The number of furan rings is 1. The molecule has 4 rings (SSSR count). The van der Waals surface area contributed by atoms with Crippen molar-refractivity contribution in [3.63, 3.8) is 0 Å². The average Bonchev–Trinajstić information content (AvgIpc) is 3.40. The number of hydrogen-bond donors (Lipinski definition) is 3. The van der Waals surface area contributed by atoms with Crippen LogP contribution in [0.4, 0.5) is 5.69 Å². The molecule has 3 N–H and O–H groups in total. The first-order valence-corrected chi connectivity index (χ1v) is 8.92. The molecule has 1 amide bonds. The van der Waals surface area contributed by atoms with E-state index in [2.05, 4.69) is 41.1 Å². The number of carbonyl (C=O) groups excluding carboxylic acids is 1. The van der Waals surface area contributed by atoms with E-state index in [1.807, 2.05) is 36.4 Å². The second-order valence-corrected chi connectivity index (χ2v) is 6.45. The predicted octanol–water partition coefficient (Wildman–Crippen LogP) is 2.50. The van der Waals surface area contributed by atoms with Gasteiger partial charge in [-0.2, -0.15) is 10.2 Å². The van der Waals surface area contributed by atoms with Crippen molar-refractivity contribution >= 4 is 23.4 Å². The fraction of sp³-hybridized carbons (Fsp3) is 0.125. The Kier molecular flexibility index (Phi) is 4.66. The lowest BCUT2D eigenvalue weighted by molar-refractivity contribution is -0.114. The van der Waals surface area contributed by atoms with Crippen LogP contribution in [0.5, 0.6) is 0 Å². The normalized spacial score (nSPS) is 10.9. The van der Waals surface area contributed by atoms with Crippen LogP contribution in [0.2, 0.25) is 0 Å².